The molecular weight excluding hydrogens is 364 g/mol. The molecule has 0 unspecified atom stereocenters. The van der Waals surface area contributed by atoms with Crippen LogP contribution in [0.15, 0.2) is 121 Å². The van der Waals surface area contributed by atoms with Gasteiger partial charge in [0.05, 0.1) is 5.54 Å². The van der Waals surface area contributed by atoms with Gasteiger partial charge in [-0.15, -0.1) is 0 Å². The van der Waals surface area contributed by atoms with Crippen molar-refractivity contribution < 1.29 is 0 Å². The summed E-state index contributed by atoms with van der Waals surface area (Å²) < 4.78 is 0. The Morgan fingerprint density at radius 1 is 0.567 bits per heavy atom. The van der Waals surface area contributed by atoms with E-state index in [4.69, 9.17) is 5.73 Å². The standard InChI is InChI=1S/C28H28N2/c29-27(21-23-13-5-1-6-14-23)22-30-28(24-15-7-2-8-16-24,25-17-9-3-10-18-25)26-19-11-4-12-20-26/h1-20,27,30H,21-22,29H2/t27-/m1/s1. The molecule has 0 fully saturated rings. The molecule has 0 aromatic heterocycles. The lowest BCUT2D eigenvalue weighted by Crippen LogP contribution is -2.49. The van der Waals surface area contributed by atoms with E-state index in [-0.39, 0.29) is 6.04 Å². The second-order valence-electron chi connectivity index (χ2n) is 7.68. The highest BCUT2D eigenvalue weighted by Crippen LogP contribution is 2.36. The van der Waals surface area contributed by atoms with Crippen molar-refractivity contribution in [3.8, 4) is 0 Å². The highest BCUT2D eigenvalue weighted by molar-refractivity contribution is 5.49. The SMILES string of the molecule is N[C@@H](CNC(c1ccccc1)(c1ccccc1)c1ccccc1)Cc1ccccc1. The monoisotopic (exact) mass is 392 g/mol. The average molecular weight is 393 g/mol. The fourth-order valence-electron chi connectivity index (χ4n) is 4.14. The van der Waals surface area contributed by atoms with Crippen LogP contribution in [0, 0.1) is 0 Å². The highest BCUT2D eigenvalue weighted by atomic mass is 15.0. The molecule has 0 saturated heterocycles. The Balaban J connectivity index is 1.73. The molecule has 0 aliphatic carbocycles. The third kappa shape index (κ3) is 4.35. The summed E-state index contributed by atoms with van der Waals surface area (Å²) in [6.07, 6.45) is 0.836. The Labute approximate surface area is 179 Å². The normalized spacial score (nSPS) is 12.4. The predicted octanol–water partition coefficient (Wildman–Crippen LogP) is 5.14. The molecule has 0 radical (unpaired) electrons. The van der Waals surface area contributed by atoms with Crippen molar-refractivity contribution in [2.75, 3.05) is 6.54 Å². The quantitative estimate of drug-likeness (QED) is 0.408. The van der Waals surface area contributed by atoms with E-state index in [2.05, 4.69) is 121 Å². The Morgan fingerprint density at radius 2 is 0.933 bits per heavy atom. The summed E-state index contributed by atoms with van der Waals surface area (Å²) in [7, 11) is 0. The second-order valence-corrected chi connectivity index (χ2v) is 7.68. The van der Waals surface area contributed by atoms with Gasteiger partial charge in [0.15, 0.2) is 0 Å². The Morgan fingerprint density at radius 3 is 1.33 bits per heavy atom. The van der Waals surface area contributed by atoms with Crippen molar-refractivity contribution in [3.05, 3.63) is 144 Å². The van der Waals surface area contributed by atoms with Gasteiger partial charge < -0.3 is 5.73 Å². The molecule has 4 aromatic carbocycles. The molecule has 3 N–H and O–H groups in total. The van der Waals surface area contributed by atoms with Crippen LogP contribution in [0.4, 0.5) is 0 Å². The minimum atomic E-state index is -0.474. The van der Waals surface area contributed by atoms with E-state index in [9.17, 15) is 0 Å². The summed E-state index contributed by atoms with van der Waals surface area (Å²) in [5.74, 6) is 0. The number of benzene rings is 4. The smallest absolute Gasteiger partial charge is 0.0948 e. The molecule has 30 heavy (non-hydrogen) atoms. The zero-order chi connectivity index (χ0) is 20.7. The third-order valence-corrected chi connectivity index (χ3v) is 5.59. The van der Waals surface area contributed by atoms with E-state index in [1.807, 2.05) is 6.07 Å². The number of hydrogen-bond donors (Lipinski definition) is 2. The molecule has 2 nitrogen and oxygen atoms in total. The fraction of sp³-hybridized carbons (Fsp3) is 0.143. The van der Waals surface area contributed by atoms with Crippen LogP contribution < -0.4 is 11.1 Å². The maximum absolute atomic E-state index is 6.58. The lowest BCUT2D eigenvalue weighted by molar-refractivity contribution is 0.441. The number of rotatable bonds is 8. The van der Waals surface area contributed by atoms with Gasteiger partial charge in [-0.25, -0.2) is 0 Å². The van der Waals surface area contributed by atoms with E-state index in [1.54, 1.807) is 0 Å². The molecule has 0 heterocycles. The molecule has 0 amide bonds. The maximum atomic E-state index is 6.58. The van der Waals surface area contributed by atoms with Crippen LogP contribution in [0.2, 0.25) is 0 Å². The zero-order valence-electron chi connectivity index (χ0n) is 17.1. The first-order valence-corrected chi connectivity index (χ1v) is 10.5. The number of nitrogens with two attached hydrogens (primary N) is 1. The van der Waals surface area contributed by atoms with Gasteiger partial charge in [-0.2, -0.15) is 0 Å². The molecule has 1 atom stereocenters. The summed E-state index contributed by atoms with van der Waals surface area (Å²) in [4.78, 5) is 0. The minimum Gasteiger partial charge on any atom is -0.326 e. The Bertz CT molecular complexity index is 919. The van der Waals surface area contributed by atoms with Crippen molar-refractivity contribution >= 4 is 0 Å². The molecule has 0 saturated carbocycles. The lowest BCUT2D eigenvalue weighted by Gasteiger charge is -2.38. The van der Waals surface area contributed by atoms with Crippen molar-refractivity contribution in [1.29, 1.82) is 0 Å². The molecule has 2 heteroatoms. The maximum Gasteiger partial charge on any atom is 0.0948 e. The summed E-state index contributed by atoms with van der Waals surface area (Å²) in [6, 6.07) is 42.4. The lowest BCUT2D eigenvalue weighted by atomic mass is 9.77. The van der Waals surface area contributed by atoms with Crippen molar-refractivity contribution in [2.45, 2.75) is 18.0 Å². The van der Waals surface area contributed by atoms with E-state index >= 15 is 0 Å². The van der Waals surface area contributed by atoms with Gasteiger partial charge in [0.1, 0.15) is 0 Å². The fourth-order valence-corrected chi connectivity index (χ4v) is 4.14. The van der Waals surface area contributed by atoms with Gasteiger partial charge >= 0.3 is 0 Å². The molecule has 0 spiro atoms. The highest BCUT2D eigenvalue weighted by Gasteiger charge is 2.36. The summed E-state index contributed by atoms with van der Waals surface area (Å²) in [5.41, 5.74) is 11.0. The topological polar surface area (TPSA) is 38.0 Å². The van der Waals surface area contributed by atoms with E-state index in [0.29, 0.717) is 6.54 Å². The van der Waals surface area contributed by atoms with E-state index < -0.39 is 5.54 Å². The molecule has 4 aromatic rings. The van der Waals surface area contributed by atoms with Crippen LogP contribution in [0.25, 0.3) is 0 Å². The molecule has 0 bridgehead atoms. The predicted molar refractivity (Wildman–Crippen MR) is 125 cm³/mol. The minimum absolute atomic E-state index is 0.00270. The molecule has 4 rings (SSSR count). The number of nitrogens with one attached hydrogen (secondary N) is 1. The molecule has 0 aliphatic rings. The first-order chi connectivity index (χ1) is 14.8. The van der Waals surface area contributed by atoms with Gasteiger partial charge in [-0.1, -0.05) is 121 Å². The van der Waals surface area contributed by atoms with Crippen LogP contribution in [0.1, 0.15) is 22.3 Å². The van der Waals surface area contributed by atoms with Gasteiger partial charge in [0, 0.05) is 12.6 Å². The van der Waals surface area contributed by atoms with Crippen molar-refractivity contribution in [1.82, 2.24) is 5.32 Å². The number of hydrogen-bond acceptors (Lipinski definition) is 2. The van der Waals surface area contributed by atoms with E-state index in [1.165, 1.54) is 22.3 Å². The van der Waals surface area contributed by atoms with E-state index in [0.717, 1.165) is 6.42 Å². The second kappa shape index (κ2) is 9.53. The zero-order valence-corrected chi connectivity index (χ0v) is 17.1. The first-order valence-electron chi connectivity index (χ1n) is 10.5. The average Bonchev–Trinajstić information content (AvgIpc) is 2.82. The van der Waals surface area contributed by atoms with Gasteiger partial charge in [0.2, 0.25) is 0 Å². The van der Waals surface area contributed by atoms with Gasteiger partial charge in [-0.05, 0) is 28.7 Å². The summed E-state index contributed by atoms with van der Waals surface area (Å²) in [6.45, 7) is 0.688. The first kappa shape index (κ1) is 20.1. The van der Waals surface area contributed by atoms with Crippen molar-refractivity contribution in [3.63, 3.8) is 0 Å². The van der Waals surface area contributed by atoms with Crippen LogP contribution >= 0.6 is 0 Å². The Kier molecular flexibility index (Phi) is 6.38. The van der Waals surface area contributed by atoms with Crippen LogP contribution in [-0.4, -0.2) is 12.6 Å². The summed E-state index contributed by atoms with van der Waals surface area (Å²) >= 11 is 0. The van der Waals surface area contributed by atoms with Gasteiger partial charge in [-0.3, -0.25) is 5.32 Å². The molecule has 150 valence electrons. The summed E-state index contributed by atoms with van der Waals surface area (Å²) in [5, 5.41) is 3.88. The van der Waals surface area contributed by atoms with Crippen LogP contribution in [0.5, 0.6) is 0 Å². The molecular formula is C28H28N2. The Hall–Kier alpha value is -3.20. The van der Waals surface area contributed by atoms with Crippen molar-refractivity contribution in [2.24, 2.45) is 5.73 Å². The van der Waals surface area contributed by atoms with Crippen LogP contribution in [-0.2, 0) is 12.0 Å². The third-order valence-electron chi connectivity index (χ3n) is 5.59. The molecule has 0 aliphatic heterocycles. The van der Waals surface area contributed by atoms with Crippen LogP contribution in [0.3, 0.4) is 0 Å². The van der Waals surface area contributed by atoms with Gasteiger partial charge in [0.25, 0.3) is 0 Å². The largest absolute Gasteiger partial charge is 0.326 e.